The van der Waals surface area contributed by atoms with E-state index in [1.54, 1.807) is 0 Å². The topological polar surface area (TPSA) is 6.48 Å². The van der Waals surface area contributed by atoms with Crippen LogP contribution in [0.5, 0.6) is 0 Å². The van der Waals surface area contributed by atoms with Crippen LogP contribution in [0.15, 0.2) is 133 Å². The van der Waals surface area contributed by atoms with Crippen LogP contribution in [0.25, 0.3) is 6.08 Å². The molecule has 0 fully saturated rings. The summed E-state index contributed by atoms with van der Waals surface area (Å²) in [6.07, 6.45) is 20.8. The lowest BCUT2D eigenvalue weighted by atomic mass is 9.87. The molecule has 0 saturated carbocycles. The molecule has 2 unspecified atom stereocenters. The number of anilines is 4. The molecule has 0 heterocycles. The third kappa shape index (κ3) is 8.66. The van der Waals surface area contributed by atoms with Crippen LogP contribution in [-0.4, -0.2) is 6.04 Å². The highest BCUT2D eigenvalue weighted by molar-refractivity contribution is 5.77. The molecular weight excluding hydrogens is 593 g/mol. The Balaban J connectivity index is 1.19. The lowest BCUT2D eigenvalue weighted by Crippen LogP contribution is -2.33. The summed E-state index contributed by atoms with van der Waals surface area (Å²) in [5.41, 5.74) is 10.6. The Morgan fingerprint density at radius 2 is 1.14 bits per heavy atom. The Hall–Kier alpha value is -4.30. The van der Waals surface area contributed by atoms with Crippen molar-refractivity contribution in [3.8, 4) is 0 Å². The maximum Gasteiger partial charge on any atom is 0.0519 e. The van der Waals surface area contributed by atoms with Crippen molar-refractivity contribution < 1.29 is 0 Å². The van der Waals surface area contributed by atoms with Gasteiger partial charge in [-0.3, -0.25) is 0 Å². The van der Waals surface area contributed by atoms with Crippen molar-refractivity contribution in [3.63, 3.8) is 0 Å². The van der Waals surface area contributed by atoms with Gasteiger partial charge in [-0.15, -0.1) is 0 Å². The van der Waals surface area contributed by atoms with Gasteiger partial charge in [-0.05, 0) is 120 Å². The van der Waals surface area contributed by atoms with E-state index in [4.69, 9.17) is 0 Å². The highest BCUT2D eigenvalue weighted by Crippen LogP contribution is 2.37. The van der Waals surface area contributed by atoms with Crippen molar-refractivity contribution in [2.24, 2.45) is 5.92 Å². The fourth-order valence-corrected chi connectivity index (χ4v) is 7.24. The van der Waals surface area contributed by atoms with Gasteiger partial charge in [-0.25, -0.2) is 0 Å². The largest absolute Gasteiger partial charge is 0.339 e. The molecule has 4 aromatic carbocycles. The van der Waals surface area contributed by atoms with Gasteiger partial charge in [0.25, 0.3) is 0 Å². The van der Waals surface area contributed by atoms with Crippen molar-refractivity contribution in [1.29, 1.82) is 0 Å². The first-order valence-electron chi connectivity index (χ1n) is 18.6. The third-order valence-electron chi connectivity index (χ3n) is 10.2. The molecule has 2 aliphatic rings. The van der Waals surface area contributed by atoms with Gasteiger partial charge in [-0.1, -0.05) is 133 Å². The second kappa shape index (κ2) is 15.1. The maximum atomic E-state index is 2.65. The second-order valence-corrected chi connectivity index (χ2v) is 16.1. The van der Waals surface area contributed by atoms with Crippen LogP contribution in [0.2, 0.25) is 0 Å². The Morgan fingerprint density at radius 1 is 0.571 bits per heavy atom. The van der Waals surface area contributed by atoms with Gasteiger partial charge < -0.3 is 9.80 Å². The number of para-hydroxylation sites is 1. The van der Waals surface area contributed by atoms with Crippen LogP contribution in [0.4, 0.5) is 22.7 Å². The molecule has 0 amide bonds. The first-order chi connectivity index (χ1) is 23.6. The molecule has 0 aromatic heterocycles. The Kier molecular flexibility index (Phi) is 10.6. The molecule has 0 bridgehead atoms. The molecule has 2 heteroatoms. The number of benzene rings is 4. The molecule has 2 aliphatic carbocycles. The summed E-state index contributed by atoms with van der Waals surface area (Å²) in [6.45, 7) is 13.7. The van der Waals surface area contributed by atoms with Gasteiger partial charge >= 0.3 is 0 Å². The summed E-state index contributed by atoms with van der Waals surface area (Å²) in [5, 5.41) is 0. The van der Waals surface area contributed by atoms with E-state index in [1.165, 1.54) is 78.7 Å². The van der Waals surface area contributed by atoms with Gasteiger partial charge in [0, 0.05) is 28.4 Å². The Bertz CT molecular complexity index is 1730. The zero-order valence-corrected chi connectivity index (χ0v) is 30.7. The van der Waals surface area contributed by atoms with E-state index >= 15 is 0 Å². The van der Waals surface area contributed by atoms with E-state index in [-0.39, 0.29) is 10.8 Å². The molecule has 0 N–H and O–H groups in total. The number of rotatable bonds is 8. The third-order valence-corrected chi connectivity index (χ3v) is 10.2. The zero-order chi connectivity index (χ0) is 34.4. The molecule has 0 radical (unpaired) electrons. The van der Waals surface area contributed by atoms with Crippen LogP contribution in [0.1, 0.15) is 103 Å². The van der Waals surface area contributed by atoms with Crippen LogP contribution in [0.3, 0.4) is 0 Å². The van der Waals surface area contributed by atoms with Crippen molar-refractivity contribution in [3.05, 3.63) is 150 Å². The normalized spacial score (nSPS) is 18.6. The van der Waals surface area contributed by atoms with Crippen molar-refractivity contribution in [2.45, 2.75) is 103 Å². The minimum atomic E-state index is 0.127. The smallest absolute Gasteiger partial charge is 0.0519 e. The summed E-state index contributed by atoms with van der Waals surface area (Å²) < 4.78 is 0. The summed E-state index contributed by atoms with van der Waals surface area (Å²) in [6, 6.07) is 38.5. The predicted molar refractivity (Wildman–Crippen MR) is 213 cm³/mol. The molecule has 0 saturated heterocycles. The molecule has 0 aliphatic heterocycles. The minimum Gasteiger partial charge on any atom is -0.339 e. The highest BCUT2D eigenvalue weighted by Gasteiger charge is 2.24. The minimum absolute atomic E-state index is 0.127. The number of nitrogens with zero attached hydrogens (tertiary/aromatic N) is 2. The average Bonchev–Trinajstić information content (AvgIpc) is 3.34. The van der Waals surface area contributed by atoms with E-state index in [1.807, 2.05) is 0 Å². The molecule has 0 spiro atoms. The SMILES string of the molecule is CC(C)(C)c1ccc(N(c2ccccc2)c2ccc(/C=C/C3C=CC(N(C4=CCCCC4)c4ccc(C(C)(C)C)cc4)CCC3)cc2)cc1. The predicted octanol–water partition coefficient (Wildman–Crippen LogP) is 13.5. The van der Waals surface area contributed by atoms with E-state index in [0.717, 1.165) is 11.4 Å². The standard InChI is InChI=1S/C47H56N2/c1-46(2,3)38-25-32-44(33-26-38)48(40-15-9-7-10-16-40)42-19-13-14-36(22-29-42)20-21-37-23-30-43(31-24-37)49(41-17-11-8-12-18-41)45-34-27-39(28-35-45)47(4,5)6/h8,11-12,15,17-18,20-36,42H,7,9-10,13-14,16,19H2,1-6H3/b21-20+. The van der Waals surface area contributed by atoms with Gasteiger partial charge in [0.2, 0.25) is 0 Å². The van der Waals surface area contributed by atoms with Crippen LogP contribution in [-0.2, 0) is 10.8 Å². The zero-order valence-electron chi connectivity index (χ0n) is 30.7. The van der Waals surface area contributed by atoms with E-state index < -0.39 is 0 Å². The van der Waals surface area contributed by atoms with Crippen molar-refractivity contribution >= 4 is 28.8 Å². The Morgan fingerprint density at radius 3 is 1.71 bits per heavy atom. The molecule has 254 valence electrons. The monoisotopic (exact) mass is 648 g/mol. The summed E-state index contributed by atoms with van der Waals surface area (Å²) in [4.78, 5) is 5.00. The number of allylic oxidation sites excluding steroid dienone is 4. The molecule has 2 atom stereocenters. The number of hydrogen-bond acceptors (Lipinski definition) is 2. The molecule has 2 nitrogen and oxygen atoms in total. The van der Waals surface area contributed by atoms with E-state index in [9.17, 15) is 0 Å². The summed E-state index contributed by atoms with van der Waals surface area (Å²) in [7, 11) is 0. The fraction of sp³-hybridized carbons (Fsp3) is 0.362. The van der Waals surface area contributed by atoms with Crippen LogP contribution >= 0.6 is 0 Å². The lowest BCUT2D eigenvalue weighted by molar-refractivity contribution is 0.580. The number of hydrogen-bond donors (Lipinski definition) is 0. The first-order valence-corrected chi connectivity index (χ1v) is 18.6. The maximum absolute atomic E-state index is 2.65. The van der Waals surface area contributed by atoms with E-state index in [0.29, 0.717) is 12.0 Å². The molecule has 4 aromatic rings. The van der Waals surface area contributed by atoms with Gasteiger partial charge in [-0.2, -0.15) is 0 Å². The first kappa shape index (κ1) is 34.6. The Labute approximate surface area is 296 Å². The quantitative estimate of drug-likeness (QED) is 0.175. The summed E-state index contributed by atoms with van der Waals surface area (Å²) in [5.74, 6) is 0.442. The summed E-state index contributed by atoms with van der Waals surface area (Å²) >= 11 is 0. The van der Waals surface area contributed by atoms with Crippen LogP contribution in [0, 0.1) is 5.92 Å². The van der Waals surface area contributed by atoms with Gasteiger partial charge in [0.1, 0.15) is 0 Å². The lowest BCUT2D eigenvalue weighted by Gasteiger charge is -2.36. The van der Waals surface area contributed by atoms with Crippen LogP contribution < -0.4 is 9.80 Å². The molecule has 49 heavy (non-hydrogen) atoms. The molecular formula is C47H56N2. The van der Waals surface area contributed by atoms with Crippen molar-refractivity contribution in [1.82, 2.24) is 0 Å². The van der Waals surface area contributed by atoms with Crippen molar-refractivity contribution in [2.75, 3.05) is 9.80 Å². The molecule has 6 rings (SSSR count). The van der Waals surface area contributed by atoms with Gasteiger partial charge in [0.15, 0.2) is 0 Å². The van der Waals surface area contributed by atoms with E-state index in [2.05, 4.69) is 185 Å². The highest BCUT2D eigenvalue weighted by atomic mass is 15.2. The second-order valence-electron chi connectivity index (χ2n) is 16.1. The van der Waals surface area contributed by atoms with Gasteiger partial charge in [0.05, 0.1) is 6.04 Å². The average molecular weight is 649 g/mol. The fourth-order valence-electron chi connectivity index (χ4n) is 7.24.